The van der Waals surface area contributed by atoms with Crippen molar-refractivity contribution in [2.24, 2.45) is 0 Å². The van der Waals surface area contributed by atoms with Gasteiger partial charge in [-0.3, -0.25) is 0 Å². The number of carboxylic acid groups (broad SMARTS) is 1. The van der Waals surface area contributed by atoms with Gasteiger partial charge in [-0.25, -0.2) is 9.59 Å². The van der Waals surface area contributed by atoms with Gasteiger partial charge in [0.1, 0.15) is 12.4 Å². The Kier molecular flexibility index (Phi) is 14.0. The van der Waals surface area contributed by atoms with Crippen LogP contribution in [-0.4, -0.2) is 74.2 Å². The van der Waals surface area contributed by atoms with Crippen LogP contribution in [0.15, 0.2) is 54.6 Å². The summed E-state index contributed by atoms with van der Waals surface area (Å²) in [5.74, 6) is -0.308. The van der Waals surface area contributed by atoms with Gasteiger partial charge in [0.15, 0.2) is 6.10 Å². The molecular weight excluding hydrogens is 460 g/mol. The third kappa shape index (κ3) is 11.6. The van der Waals surface area contributed by atoms with Gasteiger partial charge in [-0.2, -0.15) is 0 Å². The van der Waals surface area contributed by atoms with Crippen LogP contribution < -0.4 is 10.1 Å². The molecule has 198 valence electrons. The molecule has 0 aromatic heterocycles. The first kappa shape index (κ1) is 29.1. The van der Waals surface area contributed by atoms with Crippen LogP contribution in [0.3, 0.4) is 0 Å². The molecule has 1 atom stereocenters. The van der Waals surface area contributed by atoms with E-state index >= 15 is 0 Å². The summed E-state index contributed by atoms with van der Waals surface area (Å²) in [7, 11) is 0. The summed E-state index contributed by atoms with van der Waals surface area (Å²) in [6.45, 7) is 7.46. The summed E-state index contributed by atoms with van der Waals surface area (Å²) >= 11 is 0. The summed E-state index contributed by atoms with van der Waals surface area (Å²) in [5, 5.41) is 12.3. The van der Waals surface area contributed by atoms with E-state index in [1.54, 1.807) is 11.8 Å². The van der Waals surface area contributed by atoms with Crippen LogP contribution in [0.5, 0.6) is 5.75 Å². The first-order chi connectivity index (χ1) is 17.5. The fourth-order valence-corrected chi connectivity index (χ4v) is 3.62. The Morgan fingerprint density at radius 2 is 1.69 bits per heavy atom. The van der Waals surface area contributed by atoms with Crippen molar-refractivity contribution in [3.05, 3.63) is 65.7 Å². The number of hydrogen-bond donors (Lipinski definition) is 2. The smallest absolute Gasteiger partial charge is 0.333 e. The van der Waals surface area contributed by atoms with E-state index in [0.717, 1.165) is 31.4 Å². The Morgan fingerprint density at radius 1 is 0.944 bits per heavy atom. The number of amides is 2. The fraction of sp³-hybridized carbons (Fsp3) is 0.500. The Bertz CT molecular complexity index is 875. The number of aliphatic carboxylic acids is 1. The standard InChI is InChI=1S/C28H40N2O6/c1-3-19-34-20-8-17-30(28(33)29-16-15-23-9-6-5-7-10-23)18-21-36-25-13-11-24(12-14-25)22-26(27(31)32)35-4-2/h5-7,9-14,26H,3-4,8,15-22H2,1-2H3,(H,29,33)(H,31,32). The van der Waals surface area contributed by atoms with Crippen molar-refractivity contribution in [1.82, 2.24) is 10.2 Å². The predicted molar refractivity (Wildman–Crippen MR) is 140 cm³/mol. The number of carbonyl (C=O) groups excluding carboxylic acids is 1. The molecule has 0 saturated carbocycles. The topological polar surface area (TPSA) is 97.3 Å². The van der Waals surface area contributed by atoms with E-state index in [-0.39, 0.29) is 6.03 Å². The van der Waals surface area contributed by atoms with Gasteiger partial charge in [-0.05, 0) is 49.4 Å². The summed E-state index contributed by atoms with van der Waals surface area (Å²) in [4.78, 5) is 25.9. The highest BCUT2D eigenvalue weighted by molar-refractivity contribution is 5.74. The van der Waals surface area contributed by atoms with Gasteiger partial charge in [0.05, 0.1) is 6.54 Å². The highest BCUT2D eigenvalue weighted by Crippen LogP contribution is 2.15. The van der Waals surface area contributed by atoms with Gasteiger partial charge in [0, 0.05) is 39.3 Å². The lowest BCUT2D eigenvalue weighted by molar-refractivity contribution is -0.149. The lowest BCUT2D eigenvalue weighted by atomic mass is 10.1. The van der Waals surface area contributed by atoms with Crippen molar-refractivity contribution in [3.63, 3.8) is 0 Å². The van der Waals surface area contributed by atoms with Gasteiger partial charge in [-0.1, -0.05) is 49.4 Å². The molecule has 2 aromatic carbocycles. The van der Waals surface area contributed by atoms with Crippen LogP contribution in [0, 0.1) is 0 Å². The maximum Gasteiger partial charge on any atom is 0.333 e. The molecule has 0 fully saturated rings. The molecule has 0 aliphatic heterocycles. The van der Waals surface area contributed by atoms with Crippen molar-refractivity contribution in [2.45, 2.75) is 45.6 Å². The number of hydrogen-bond acceptors (Lipinski definition) is 5. The number of nitrogens with zero attached hydrogens (tertiary/aromatic N) is 1. The molecule has 8 nitrogen and oxygen atoms in total. The molecule has 0 aliphatic rings. The predicted octanol–water partition coefficient (Wildman–Crippen LogP) is 4.17. The Hall–Kier alpha value is -3.10. The van der Waals surface area contributed by atoms with E-state index in [9.17, 15) is 14.7 Å². The number of ether oxygens (including phenoxy) is 3. The zero-order valence-corrected chi connectivity index (χ0v) is 21.5. The van der Waals surface area contributed by atoms with Crippen LogP contribution in [0.1, 0.15) is 37.8 Å². The van der Waals surface area contributed by atoms with E-state index < -0.39 is 12.1 Å². The quantitative estimate of drug-likeness (QED) is 0.298. The van der Waals surface area contributed by atoms with E-state index in [4.69, 9.17) is 14.2 Å². The number of nitrogens with one attached hydrogen (secondary N) is 1. The van der Waals surface area contributed by atoms with Crippen molar-refractivity contribution in [2.75, 3.05) is 46.1 Å². The second-order valence-electron chi connectivity index (χ2n) is 8.40. The Morgan fingerprint density at radius 3 is 2.36 bits per heavy atom. The lowest BCUT2D eigenvalue weighted by Gasteiger charge is -2.23. The van der Waals surface area contributed by atoms with E-state index in [0.29, 0.717) is 51.6 Å². The third-order valence-electron chi connectivity index (χ3n) is 5.50. The van der Waals surface area contributed by atoms with Crippen LogP contribution in [0.25, 0.3) is 0 Å². The largest absolute Gasteiger partial charge is 0.492 e. The molecule has 0 heterocycles. The molecule has 0 saturated heterocycles. The van der Waals surface area contributed by atoms with E-state index in [1.807, 2.05) is 54.6 Å². The average Bonchev–Trinajstić information content (AvgIpc) is 2.88. The molecule has 2 aromatic rings. The molecular formula is C28H40N2O6. The summed E-state index contributed by atoms with van der Waals surface area (Å²) in [6, 6.07) is 17.2. The van der Waals surface area contributed by atoms with Gasteiger partial charge in [0.2, 0.25) is 0 Å². The van der Waals surface area contributed by atoms with Crippen molar-refractivity contribution >= 4 is 12.0 Å². The SMILES string of the molecule is CCCOCCCN(CCOc1ccc(CC(OCC)C(=O)O)cc1)C(=O)NCCc1ccccc1. The molecule has 0 aliphatic carbocycles. The highest BCUT2D eigenvalue weighted by atomic mass is 16.5. The van der Waals surface area contributed by atoms with Gasteiger partial charge in [0.25, 0.3) is 0 Å². The minimum atomic E-state index is -0.973. The minimum Gasteiger partial charge on any atom is -0.492 e. The third-order valence-corrected chi connectivity index (χ3v) is 5.50. The first-order valence-electron chi connectivity index (χ1n) is 12.7. The van der Waals surface area contributed by atoms with Crippen LogP contribution in [0.4, 0.5) is 4.79 Å². The molecule has 2 amide bonds. The van der Waals surface area contributed by atoms with Crippen molar-refractivity contribution in [3.8, 4) is 5.75 Å². The van der Waals surface area contributed by atoms with Crippen LogP contribution in [-0.2, 0) is 27.1 Å². The van der Waals surface area contributed by atoms with Crippen LogP contribution in [0.2, 0.25) is 0 Å². The number of carboxylic acids is 1. The zero-order chi connectivity index (χ0) is 26.0. The van der Waals surface area contributed by atoms with Crippen LogP contribution >= 0.6 is 0 Å². The summed E-state index contributed by atoms with van der Waals surface area (Å²) < 4.78 is 16.7. The molecule has 2 rings (SSSR count). The number of urea groups is 1. The van der Waals surface area contributed by atoms with Crippen molar-refractivity contribution < 1.29 is 28.9 Å². The maximum absolute atomic E-state index is 12.8. The highest BCUT2D eigenvalue weighted by Gasteiger charge is 2.18. The Balaban J connectivity index is 1.83. The molecule has 0 bridgehead atoms. The van der Waals surface area contributed by atoms with Gasteiger partial charge >= 0.3 is 12.0 Å². The van der Waals surface area contributed by atoms with E-state index in [2.05, 4.69) is 12.2 Å². The minimum absolute atomic E-state index is 0.115. The number of benzene rings is 2. The molecule has 0 radical (unpaired) electrons. The summed E-state index contributed by atoms with van der Waals surface area (Å²) in [6.07, 6.45) is 1.93. The molecule has 36 heavy (non-hydrogen) atoms. The molecule has 2 N–H and O–H groups in total. The second kappa shape index (κ2) is 17.3. The van der Waals surface area contributed by atoms with Gasteiger partial charge < -0.3 is 29.5 Å². The Labute approximate surface area is 214 Å². The van der Waals surface area contributed by atoms with E-state index in [1.165, 1.54) is 5.56 Å². The van der Waals surface area contributed by atoms with Crippen molar-refractivity contribution in [1.29, 1.82) is 0 Å². The van der Waals surface area contributed by atoms with Gasteiger partial charge in [-0.15, -0.1) is 0 Å². The average molecular weight is 501 g/mol. The molecule has 0 spiro atoms. The molecule has 1 unspecified atom stereocenters. The first-order valence-corrected chi connectivity index (χ1v) is 12.7. The number of rotatable bonds is 18. The molecule has 8 heteroatoms. The fourth-order valence-electron chi connectivity index (χ4n) is 3.62. The second-order valence-corrected chi connectivity index (χ2v) is 8.40. The summed E-state index contributed by atoms with van der Waals surface area (Å²) in [5.41, 5.74) is 2.04. The maximum atomic E-state index is 12.8. The lowest BCUT2D eigenvalue weighted by Crippen LogP contribution is -2.43. The number of carbonyl (C=O) groups is 2. The zero-order valence-electron chi connectivity index (χ0n) is 21.5. The monoisotopic (exact) mass is 500 g/mol. The normalized spacial score (nSPS) is 11.6.